The van der Waals surface area contributed by atoms with Crippen LogP contribution in [-0.2, 0) is 4.79 Å². The van der Waals surface area contributed by atoms with Crippen LogP contribution in [0.25, 0.3) is 0 Å². The van der Waals surface area contributed by atoms with Crippen molar-refractivity contribution in [1.82, 2.24) is 5.32 Å². The lowest BCUT2D eigenvalue weighted by molar-refractivity contribution is -0.123. The molecule has 0 radical (unpaired) electrons. The van der Waals surface area contributed by atoms with Crippen molar-refractivity contribution in [3.63, 3.8) is 0 Å². The number of methoxy groups -OCH3 is 1. The van der Waals surface area contributed by atoms with Gasteiger partial charge >= 0.3 is 0 Å². The maximum Gasteiger partial charge on any atom is 0.257 e. The summed E-state index contributed by atoms with van der Waals surface area (Å²) < 4.78 is 10.4. The number of hydrogen-bond acceptors (Lipinski definition) is 4. The van der Waals surface area contributed by atoms with E-state index in [1.165, 1.54) is 0 Å². The Balaban J connectivity index is 1.69. The van der Waals surface area contributed by atoms with E-state index in [1.807, 2.05) is 0 Å². The molecule has 0 spiro atoms. The van der Waals surface area contributed by atoms with Gasteiger partial charge in [-0.3, -0.25) is 4.79 Å². The van der Waals surface area contributed by atoms with Gasteiger partial charge in [-0.05, 0) is 37.1 Å². The maximum absolute atomic E-state index is 11.7. The summed E-state index contributed by atoms with van der Waals surface area (Å²) in [5.74, 6) is 1.39. The smallest absolute Gasteiger partial charge is 0.257 e. The number of carbonyl (C=O) groups excluding carboxylic acids is 1. The molecular weight excluding hydrogens is 258 g/mol. The SMILES string of the molecule is COc1ccc(OCC(=O)NCC2CCCC2O)cc1. The molecule has 5 heteroatoms. The lowest BCUT2D eigenvalue weighted by Crippen LogP contribution is -2.35. The fourth-order valence-electron chi connectivity index (χ4n) is 2.37. The Hall–Kier alpha value is -1.75. The second-order valence-electron chi connectivity index (χ2n) is 5.03. The first-order valence-electron chi connectivity index (χ1n) is 6.90. The van der Waals surface area contributed by atoms with Gasteiger partial charge in [-0.1, -0.05) is 6.42 Å². The van der Waals surface area contributed by atoms with Crippen LogP contribution in [0.4, 0.5) is 0 Å². The van der Waals surface area contributed by atoms with Crippen LogP contribution in [0.2, 0.25) is 0 Å². The third-order valence-corrected chi connectivity index (χ3v) is 3.61. The van der Waals surface area contributed by atoms with Gasteiger partial charge in [-0.15, -0.1) is 0 Å². The zero-order chi connectivity index (χ0) is 14.4. The highest BCUT2D eigenvalue weighted by molar-refractivity contribution is 5.77. The molecule has 1 aromatic rings. The van der Waals surface area contributed by atoms with Crippen molar-refractivity contribution >= 4 is 5.91 Å². The average molecular weight is 279 g/mol. The van der Waals surface area contributed by atoms with Crippen molar-refractivity contribution in [2.75, 3.05) is 20.3 Å². The van der Waals surface area contributed by atoms with Crippen LogP contribution < -0.4 is 14.8 Å². The molecule has 20 heavy (non-hydrogen) atoms. The van der Waals surface area contributed by atoms with Gasteiger partial charge in [0.15, 0.2) is 6.61 Å². The highest BCUT2D eigenvalue weighted by Crippen LogP contribution is 2.24. The minimum absolute atomic E-state index is 0.0187. The minimum atomic E-state index is -0.280. The van der Waals surface area contributed by atoms with Gasteiger partial charge in [0.1, 0.15) is 11.5 Å². The van der Waals surface area contributed by atoms with Crippen LogP contribution in [0.3, 0.4) is 0 Å². The first-order valence-corrected chi connectivity index (χ1v) is 6.90. The van der Waals surface area contributed by atoms with Crippen LogP contribution in [-0.4, -0.2) is 37.4 Å². The summed E-state index contributed by atoms with van der Waals surface area (Å²) in [4.78, 5) is 11.7. The van der Waals surface area contributed by atoms with Crippen LogP contribution >= 0.6 is 0 Å². The molecule has 2 N–H and O–H groups in total. The molecule has 0 aliphatic heterocycles. The number of nitrogens with one attached hydrogen (secondary N) is 1. The standard InChI is InChI=1S/C15H21NO4/c1-19-12-5-7-13(8-6-12)20-10-15(18)16-9-11-3-2-4-14(11)17/h5-8,11,14,17H,2-4,9-10H2,1H3,(H,16,18). The lowest BCUT2D eigenvalue weighted by Gasteiger charge is -2.15. The summed E-state index contributed by atoms with van der Waals surface area (Å²) in [7, 11) is 1.60. The van der Waals surface area contributed by atoms with Gasteiger partial charge in [-0.2, -0.15) is 0 Å². The number of aliphatic hydroxyl groups is 1. The van der Waals surface area contributed by atoms with E-state index in [4.69, 9.17) is 9.47 Å². The maximum atomic E-state index is 11.7. The van der Waals surface area contributed by atoms with E-state index in [0.29, 0.717) is 12.3 Å². The molecule has 1 amide bonds. The third kappa shape index (κ3) is 4.13. The molecule has 0 bridgehead atoms. The summed E-state index contributed by atoms with van der Waals surface area (Å²) in [6.07, 6.45) is 2.56. The van der Waals surface area contributed by atoms with E-state index >= 15 is 0 Å². The molecule has 1 aromatic carbocycles. The Morgan fingerprint density at radius 3 is 2.60 bits per heavy atom. The van der Waals surface area contributed by atoms with Crippen molar-refractivity contribution < 1.29 is 19.4 Å². The molecule has 2 rings (SSSR count). The van der Waals surface area contributed by atoms with E-state index < -0.39 is 0 Å². The summed E-state index contributed by atoms with van der Waals surface area (Å²) in [6, 6.07) is 7.07. The van der Waals surface area contributed by atoms with Crippen molar-refractivity contribution in [2.24, 2.45) is 5.92 Å². The number of amides is 1. The van der Waals surface area contributed by atoms with E-state index in [1.54, 1.807) is 31.4 Å². The second-order valence-corrected chi connectivity index (χ2v) is 5.03. The lowest BCUT2D eigenvalue weighted by atomic mass is 10.1. The van der Waals surface area contributed by atoms with Gasteiger partial charge in [-0.25, -0.2) is 0 Å². The Morgan fingerprint density at radius 2 is 2.00 bits per heavy atom. The Kier molecular flexibility index (Phi) is 5.24. The predicted octanol–water partition coefficient (Wildman–Crippen LogP) is 1.35. The second kappa shape index (κ2) is 7.14. The highest BCUT2D eigenvalue weighted by Gasteiger charge is 2.25. The first kappa shape index (κ1) is 14.7. The Bertz CT molecular complexity index is 432. The minimum Gasteiger partial charge on any atom is -0.497 e. The molecule has 5 nitrogen and oxygen atoms in total. The number of benzene rings is 1. The van der Waals surface area contributed by atoms with E-state index in [2.05, 4.69) is 5.32 Å². The summed E-state index contributed by atoms with van der Waals surface area (Å²) in [6.45, 7) is 0.501. The summed E-state index contributed by atoms with van der Waals surface area (Å²) >= 11 is 0. The van der Waals surface area contributed by atoms with Crippen LogP contribution in [0.5, 0.6) is 11.5 Å². The van der Waals surface area contributed by atoms with Gasteiger partial charge in [0.2, 0.25) is 0 Å². The molecular formula is C15H21NO4. The third-order valence-electron chi connectivity index (χ3n) is 3.61. The average Bonchev–Trinajstić information content (AvgIpc) is 2.89. The van der Waals surface area contributed by atoms with Crippen molar-refractivity contribution in [2.45, 2.75) is 25.4 Å². The van der Waals surface area contributed by atoms with Crippen molar-refractivity contribution in [1.29, 1.82) is 0 Å². The predicted molar refractivity (Wildman–Crippen MR) is 74.8 cm³/mol. The zero-order valence-corrected chi connectivity index (χ0v) is 11.7. The summed E-state index contributed by atoms with van der Waals surface area (Å²) in [5, 5.41) is 12.5. The topological polar surface area (TPSA) is 67.8 Å². The van der Waals surface area contributed by atoms with Gasteiger partial charge in [0.05, 0.1) is 13.2 Å². The Morgan fingerprint density at radius 1 is 1.30 bits per heavy atom. The number of rotatable bonds is 6. The van der Waals surface area contributed by atoms with Crippen LogP contribution in [0.15, 0.2) is 24.3 Å². The fraction of sp³-hybridized carbons (Fsp3) is 0.533. The molecule has 0 heterocycles. The number of ether oxygens (including phenoxy) is 2. The molecule has 1 aliphatic rings. The monoisotopic (exact) mass is 279 g/mol. The van der Waals surface area contributed by atoms with E-state index in [9.17, 15) is 9.90 Å². The normalized spacial score (nSPS) is 21.5. The van der Waals surface area contributed by atoms with Crippen molar-refractivity contribution in [3.05, 3.63) is 24.3 Å². The first-order chi connectivity index (χ1) is 9.69. The molecule has 1 aliphatic carbocycles. The van der Waals surface area contributed by atoms with Crippen LogP contribution in [0, 0.1) is 5.92 Å². The fourth-order valence-corrected chi connectivity index (χ4v) is 2.37. The quantitative estimate of drug-likeness (QED) is 0.825. The molecule has 0 saturated heterocycles. The number of aliphatic hydroxyl groups excluding tert-OH is 1. The number of hydrogen-bond donors (Lipinski definition) is 2. The molecule has 2 unspecified atom stereocenters. The molecule has 2 atom stereocenters. The summed E-state index contributed by atoms with van der Waals surface area (Å²) in [5.41, 5.74) is 0. The van der Waals surface area contributed by atoms with E-state index in [-0.39, 0.29) is 24.5 Å². The largest absolute Gasteiger partial charge is 0.497 e. The van der Waals surface area contributed by atoms with Gasteiger partial charge in [0.25, 0.3) is 5.91 Å². The van der Waals surface area contributed by atoms with Crippen molar-refractivity contribution in [3.8, 4) is 11.5 Å². The number of carbonyl (C=O) groups is 1. The highest BCUT2D eigenvalue weighted by atomic mass is 16.5. The Labute approximate surface area is 118 Å². The van der Waals surface area contributed by atoms with Crippen LogP contribution in [0.1, 0.15) is 19.3 Å². The van der Waals surface area contributed by atoms with E-state index in [0.717, 1.165) is 25.0 Å². The molecule has 110 valence electrons. The zero-order valence-electron chi connectivity index (χ0n) is 11.7. The van der Waals surface area contributed by atoms with Gasteiger partial charge in [0, 0.05) is 12.5 Å². The molecule has 1 fully saturated rings. The van der Waals surface area contributed by atoms with Gasteiger partial charge < -0.3 is 19.9 Å². The molecule has 0 aromatic heterocycles. The molecule has 1 saturated carbocycles.